The first-order valence-electron chi connectivity index (χ1n) is 6.75. The lowest BCUT2D eigenvalue weighted by Gasteiger charge is -2.28. The number of aliphatic carboxylic acids is 1. The lowest BCUT2D eigenvalue weighted by Crippen LogP contribution is -2.40. The molecule has 1 saturated heterocycles. The molecule has 1 atom stereocenters. The molecule has 1 heterocycles. The maximum Gasteiger partial charge on any atom is 0.311 e. The number of carboxylic acids is 1. The number of carbonyl (C=O) groups is 2. The van der Waals surface area contributed by atoms with E-state index in [-0.39, 0.29) is 18.4 Å². The Morgan fingerprint density at radius 1 is 1.43 bits per heavy atom. The number of halogens is 2. The van der Waals surface area contributed by atoms with Gasteiger partial charge in [-0.15, -0.1) is 0 Å². The molecule has 1 aromatic rings. The Bertz CT molecular complexity index is 590. The maximum atomic E-state index is 13.1. The van der Waals surface area contributed by atoms with Crippen molar-refractivity contribution in [2.45, 2.75) is 20.3 Å². The fraction of sp³-hybridized carbons (Fsp3) is 0.467. The Kier molecular flexibility index (Phi) is 4.37. The van der Waals surface area contributed by atoms with Gasteiger partial charge < -0.3 is 10.0 Å². The number of hydrogen-bond acceptors (Lipinski definition) is 2. The van der Waals surface area contributed by atoms with Crippen molar-refractivity contribution in [3.63, 3.8) is 0 Å². The van der Waals surface area contributed by atoms with Crippen LogP contribution in [0.15, 0.2) is 22.7 Å². The molecule has 0 aromatic heterocycles. The number of rotatable bonds is 3. The summed E-state index contributed by atoms with van der Waals surface area (Å²) in [6, 6.07) is 3.87. The highest BCUT2D eigenvalue weighted by molar-refractivity contribution is 9.10. The van der Waals surface area contributed by atoms with E-state index >= 15 is 0 Å². The second-order valence-corrected chi connectivity index (χ2v) is 6.57. The first kappa shape index (κ1) is 15.9. The Hall–Kier alpha value is -1.43. The Labute approximate surface area is 131 Å². The van der Waals surface area contributed by atoms with Crippen LogP contribution >= 0.6 is 15.9 Å². The molecule has 0 saturated carbocycles. The summed E-state index contributed by atoms with van der Waals surface area (Å²) in [6.45, 7) is 4.29. The van der Waals surface area contributed by atoms with Gasteiger partial charge in [-0.2, -0.15) is 0 Å². The third kappa shape index (κ3) is 2.81. The van der Waals surface area contributed by atoms with Crippen molar-refractivity contribution in [1.82, 2.24) is 4.90 Å². The highest BCUT2D eigenvalue weighted by atomic mass is 79.9. The normalized spacial score (nSPS) is 21.9. The van der Waals surface area contributed by atoms with Crippen LogP contribution < -0.4 is 0 Å². The molecular formula is C15H17BrFNO3. The monoisotopic (exact) mass is 357 g/mol. The third-order valence-corrected chi connectivity index (χ3v) is 4.94. The van der Waals surface area contributed by atoms with Crippen LogP contribution in [-0.2, 0) is 4.79 Å². The van der Waals surface area contributed by atoms with Crippen molar-refractivity contribution in [2.75, 3.05) is 13.1 Å². The van der Waals surface area contributed by atoms with Gasteiger partial charge >= 0.3 is 5.97 Å². The van der Waals surface area contributed by atoms with E-state index in [0.29, 0.717) is 23.0 Å². The highest BCUT2D eigenvalue weighted by Gasteiger charge is 2.48. The molecule has 6 heteroatoms. The topological polar surface area (TPSA) is 57.6 Å². The average Bonchev–Trinajstić information content (AvgIpc) is 2.84. The lowest BCUT2D eigenvalue weighted by atomic mass is 9.76. The maximum absolute atomic E-state index is 13.1. The van der Waals surface area contributed by atoms with Crippen molar-refractivity contribution in [2.24, 2.45) is 11.3 Å². The SMILES string of the molecule is CC(C)C1(C(=O)O)CCN(C(=O)c2ccc(F)cc2Br)C1. The van der Waals surface area contributed by atoms with Gasteiger partial charge in [0.1, 0.15) is 5.82 Å². The van der Waals surface area contributed by atoms with Gasteiger partial charge in [-0.1, -0.05) is 13.8 Å². The summed E-state index contributed by atoms with van der Waals surface area (Å²) < 4.78 is 13.5. The van der Waals surface area contributed by atoms with Gasteiger partial charge in [0.05, 0.1) is 11.0 Å². The van der Waals surface area contributed by atoms with Gasteiger partial charge in [0, 0.05) is 17.6 Å². The fourth-order valence-corrected chi connectivity index (χ4v) is 3.25. The van der Waals surface area contributed by atoms with E-state index in [1.54, 1.807) is 0 Å². The van der Waals surface area contributed by atoms with Gasteiger partial charge in [-0.25, -0.2) is 4.39 Å². The van der Waals surface area contributed by atoms with Crippen molar-refractivity contribution in [3.05, 3.63) is 34.1 Å². The number of amides is 1. The summed E-state index contributed by atoms with van der Waals surface area (Å²) in [7, 11) is 0. The van der Waals surface area contributed by atoms with Crippen LogP contribution in [0.3, 0.4) is 0 Å². The number of nitrogens with zero attached hydrogens (tertiary/aromatic N) is 1. The highest BCUT2D eigenvalue weighted by Crippen LogP contribution is 2.39. The van der Waals surface area contributed by atoms with Gasteiger partial charge in [0.15, 0.2) is 0 Å². The van der Waals surface area contributed by atoms with Crippen LogP contribution in [0.25, 0.3) is 0 Å². The van der Waals surface area contributed by atoms with E-state index in [9.17, 15) is 19.1 Å². The second-order valence-electron chi connectivity index (χ2n) is 5.72. The molecule has 1 aliphatic heterocycles. The summed E-state index contributed by atoms with van der Waals surface area (Å²) in [6.07, 6.45) is 0.435. The predicted molar refractivity (Wildman–Crippen MR) is 79.5 cm³/mol. The van der Waals surface area contributed by atoms with Crippen LogP contribution in [0.2, 0.25) is 0 Å². The van der Waals surface area contributed by atoms with Crippen LogP contribution in [0.5, 0.6) is 0 Å². The zero-order valence-electron chi connectivity index (χ0n) is 11.9. The summed E-state index contributed by atoms with van der Waals surface area (Å²) in [5, 5.41) is 9.50. The van der Waals surface area contributed by atoms with Gasteiger partial charge in [0.25, 0.3) is 5.91 Å². The van der Waals surface area contributed by atoms with Crippen molar-refractivity contribution >= 4 is 27.8 Å². The van der Waals surface area contributed by atoms with E-state index in [1.807, 2.05) is 13.8 Å². The number of hydrogen-bond donors (Lipinski definition) is 1. The molecule has 1 aliphatic rings. The molecule has 1 unspecified atom stereocenters. The van der Waals surface area contributed by atoms with E-state index < -0.39 is 17.2 Å². The zero-order valence-corrected chi connectivity index (χ0v) is 13.5. The minimum absolute atomic E-state index is 0.0653. The van der Waals surface area contributed by atoms with Gasteiger partial charge in [-0.05, 0) is 46.5 Å². The van der Waals surface area contributed by atoms with Crippen molar-refractivity contribution in [1.29, 1.82) is 0 Å². The van der Waals surface area contributed by atoms with Crippen LogP contribution in [0.1, 0.15) is 30.6 Å². The Morgan fingerprint density at radius 3 is 2.57 bits per heavy atom. The van der Waals surface area contributed by atoms with Gasteiger partial charge in [0.2, 0.25) is 0 Å². The molecule has 4 nitrogen and oxygen atoms in total. The first-order chi connectivity index (χ1) is 9.78. The van der Waals surface area contributed by atoms with Crippen molar-refractivity contribution < 1.29 is 19.1 Å². The van der Waals surface area contributed by atoms with E-state index in [0.717, 1.165) is 0 Å². The van der Waals surface area contributed by atoms with Crippen LogP contribution in [0.4, 0.5) is 4.39 Å². The molecule has 114 valence electrons. The first-order valence-corrected chi connectivity index (χ1v) is 7.55. The molecule has 0 aliphatic carbocycles. The average molecular weight is 358 g/mol. The summed E-state index contributed by atoms with van der Waals surface area (Å²) in [5.41, 5.74) is -0.552. The van der Waals surface area contributed by atoms with E-state index in [2.05, 4.69) is 15.9 Å². The number of carboxylic acid groups (broad SMARTS) is 1. The second kappa shape index (κ2) is 5.75. The summed E-state index contributed by atoms with van der Waals surface area (Å²) in [4.78, 5) is 25.6. The van der Waals surface area contributed by atoms with Crippen LogP contribution in [0, 0.1) is 17.2 Å². The van der Waals surface area contributed by atoms with Crippen LogP contribution in [-0.4, -0.2) is 35.0 Å². The molecule has 1 amide bonds. The predicted octanol–water partition coefficient (Wildman–Crippen LogP) is 3.16. The molecular weight excluding hydrogens is 341 g/mol. The molecule has 0 bridgehead atoms. The summed E-state index contributed by atoms with van der Waals surface area (Å²) in [5.74, 6) is -1.64. The standard InChI is InChI=1S/C15H17BrFNO3/c1-9(2)15(14(20)21)5-6-18(8-15)13(19)11-4-3-10(17)7-12(11)16/h3-4,7,9H,5-6,8H2,1-2H3,(H,20,21). The largest absolute Gasteiger partial charge is 0.481 e. The third-order valence-electron chi connectivity index (χ3n) is 4.28. The smallest absolute Gasteiger partial charge is 0.311 e. The fourth-order valence-electron chi connectivity index (χ4n) is 2.73. The molecule has 1 N–H and O–H groups in total. The Morgan fingerprint density at radius 2 is 2.10 bits per heavy atom. The minimum Gasteiger partial charge on any atom is -0.481 e. The molecule has 21 heavy (non-hydrogen) atoms. The molecule has 2 rings (SSSR count). The molecule has 1 fully saturated rings. The molecule has 1 aromatic carbocycles. The number of benzene rings is 1. The van der Waals surface area contributed by atoms with Crippen molar-refractivity contribution in [3.8, 4) is 0 Å². The number of carbonyl (C=O) groups excluding carboxylic acids is 1. The summed E-state index contributed by atoms with van der Waals surface area (Å²) >= 11 is 3.18. The zero-order chi connectivity index (χ0) is 15.8. The molecule has 0 radical (unpaired) electrons. The Balaban J connectivity index is 2.25. The minimum atomic E-state index is -0.901. The van der Waals surface area contributed by atoms with E-state index in [1.165, 1.54) is 23.1 Å². The quantitative estimate of drug-likeness (QED) is 0.903. The van der Waals surface area contributed by atoms with E-state index in [4.69, 9.17) is 0 Å². The molecule has 0 spiro atoms. The lowest BCUT2D eigenvalue weighted by molar-refractivity contribution is -0.150. The van der Waals surface area contributed by atoms with Gasteiger partial charge in [-0.3, -0.25) is 9.59 Å². The number of likely N-dealkylation sites (tertiary alicyclic amines) is 1.